The fraction of sp³-hybridized carbons (Fsp3) is 0. The van der Waals surface area contributed by atoms with Gasteiger partial charge in [-0.1, -0.05) is 11.6 Å². The smallest absolute Gasteiger partial charge is 0.116 e. The fourth-order valence-corrected chi connectivity index (χ4v) is 2.34. The molecule has 0 aliphatic rings. The molecule has 15 heavy (non-hydrogen) atoms. The van der Waals surface area contributed by atoms with Crippen molar-refractivity contribution in [1.82, 2.24) is 15.0 Å². The van der Waals surface area contributed by atoms with Crippen molar-refractivity contribution in [2.75, 3.05) is 0 Å². The van der Waals surface area contributed by atoms with Crippen LogP contribution in [0.25, 0.3) is 21.8 Å². The lowest BCUT2D eigenvalue weighted by atomic mass is 10.1. The summed E-state index contributed by atoms with van der Waals surface area (Å²) in [5.74, 6) is 0. The van der Waals surface area contributed by atoms with Crippen molar-refractivity contribution in [3.63, 3.8) is 0 Å². The highest BCUT2D eigenvalue weighted by Gasteiger charge is 2.08. The number of halogens is 2. The third-order valence-corrected chi connectivity index (χ3v) is 3.13. The van der Waals surface area contributed by atoms with E-state index >= 15 is 0 Å². The molecule has 0 radical (unpaired) electrons. The van der Waals surface area contributed by atoms with Gasteiger partial charge in [-0.3, -0.25) is 0 Å². The summed E-state index contributed by atoms with van der Waals surface area (Å²) in [6.07, 6.45) is 3.41. The lowest BCUT2D eigenvalue weighted by Crippen LogP contribution is -1.81. The van der Waals surface area contributed by atoms with E-state index in [0.29, 0.717) is 5.15 Å². The number of hydrogen-bond acceptors (Lipinski definition) is 2. The van der Waals surface area contributed by atoms with E-state index in [2.05, 4.69) is 30.9 Å². The minimum atomic E-state index is 0.592. The van der Waals surface area contributed by atoms with Crippen LogP contribution in [-0.4, -0.2) is 15.0 Å². The van der Waals surface area contributed by atoms with E-state index in [0.717, 1.165) is 26.3 Å². The van der Waals surface area contributed by atoms with Crippen LogP contribution in [-0.2, 0) is 0 Å². The second-order valence-corrected chi connectivity index (χ2v) is 4.47. The minimum Gasteiger partial charge on any atom is -0.352 e. The molecule has 0 aliphatic carbocycles. The van der Waals surface area contributed by atoms with Crippen molar-refractivity contribution in [3.05, 3.63) is 34.3 Å². The molecule has 3 aromatic rings. The number of nitrogens with one attached hydrogen (secondary N) is 1. The number of aromatic nitrogens is 3. The van der Waals surface area contributed by atoms with E-state index in [-0.39, 0.29) is 0 Å². The Hall–Kier alpha value is -1.13. The summed E-state index contributed by atoms with van der Waals surface area (Å²) in [6.45, 7) is 0. The van der Waals surface area contributed by atoms with Gasteiger partial charge in [0.1, 0.15) is 17.0 Å². The first-order valence-corrected chi connectivity index (χ1v) is 5.49. The van der Waals surface area contributed by atoms with Crippen LogP contribution in [0.4, 0.5) is 0 Å². The molecule has 0 atom stereocenters. The van der Waals surface area contributed by atoms with E-state index in [4.69, 9.17) is 11.6 Å². The molecule has 0 aliphatic heterocycles. The highest BCUT2D eigenvalue weighted by molar-refractivity contribution is 9.10. The Kier molecular flexibility index (Phi) is 1.94. The third kappa shape index (κ3) is 1.33. The number of fused-ring (bicyclic) bond motifs is 3. The molecule has 0 amide bonds. The average molecular weight is 283 g/mol. The molecular formula is C10H5BrClN3. The van der Waals surface area contributed by atoms with Crippen LogP contribution in [0.3, 0.4) is 0 Å². The molecule has 1 N–H and O–H groups in total. The summed E-state index contributed by atoms with van der Waals surface area (Å²) < 4.78 is 0.943. The predicted octanol–water partition coefficient (Wildman–Crippen LogP) is 3.53. The minimum absolute atomic E-state index is 0.592. The Balaban J connectivity index is 2.61. The van der Waals surface area contributed by atoms with Crippen LogP contribution in [0, 0.1) is 0 Å². The first-order chi connectivity index (χ1) is 7.25. The number of pyridine rings is 1. The van der Waals surface area contributed by atoms with Crippen molar-refractivity contribution < 1.29 is 0 Å². The zero-order valence-corrected chi connectivity index (χ0v) is 9.80. The number of benzene rings is 1. The molecule has 0 bridgehead atoms. The Bertz CT molecular complexity index is 662. The maximum absolute atomic E-state index is 5.91. The summed E-state index contributed by atoms with van der Waals surface area (Å²) in [7, 11) is 0. The topological polar surface area (TPSA) is 41.6 Å². The van der Waals surface area contributed by atoms with Gasteiger partial charge in [0, 0.05) is 21.4 Å². The number of hydrogen-bond donors (Lipinski definition) is 1. The molecule has 0 saturated heterocycles. The van der Waals surface area contributed by atoms with Crippen LogP contribution >= 0.6 is 27.5 Å². The molecule has 74 valence electrons. The molecule has 3 nitrogen and oxygen atoms in total. The average Bonchev–Trinajstić information content (AvgIpc) is 2.69. The summed E-state index contributed by atoms with van der Waals surface area (Å²) in [5, 5.41) is 2.66. The Morgan fingerprint density at radius 1 is 1.20 bits per heavy atom. The van der Waals surface area contributed by atoms with Crippen molar-refractivity contribution in [2.24, 2.45) is 0 Å². The second kappa shape index (κ2) is 3.18. The van der Waals surface area contributed by atoms with Gasteiger partial charge in [-0.05, 0) is 28.1 Å². The fourth-order valence-electron chi connectivity index (χ4n) is 1.64. The molecule has 0 saturated carbocycles. The van der Waals surface area contributed by atoms with Crippen molar-refractivity contribution >= 4 is 49.3 Å². The third-order valence-electron chi connectivity index (χ3n) is 2.31. The zero-order valence-electron chi connectivity index (χ0n) is 7.46. The Morgan fingerprint density at radius 3 is 2.87 bits per heavy atom. The molecule has 5 heteroatoms. The summed E-state index contributed by atoms with van der Waals surface area (Å²) in [5.41, 5.74) is 1.74. The highest BCUT2D eigenvalue weighted by atomic mass is 79.9. The van der Waals surface area contributed by atoms with Crippen LogP contribution in [0.15, 0.2) is 29.1 Å². The molecule has 2 aromatic heterocycles. The lowest BCUT2D eigenvalue weighted by Gasteiger charge is -2.01. The first-order valence-electron chi connectivity index (χ1n) is 4.32. The number of imidazole rings is 1. The molecule has 0 spiro atoms. The quantitative estimate of drug-likeness (QED) is 0.641. The van der Waals surface area contributed by atoms with Gasteiger partial charge in [-0.2, -0.15) is 0 Å². The van der Waals surface area contributed by atoms with E-state index in [9.17, 15) is 0 Å². The Morgan fingerprint density at radius 2 is 2.00 bits per heavy atom. The monoisotopic (exact) mass is 281 g/mol. The van der Waals surface area contributed by atoms with Gasteiger partial charge in [-0.25, -0.2) is 9.97 Å². The van der Waals surface area contributed by atoms with Gasteiger partial charge in [-0.15, -0.1) is 0 Å². The SMILES string of the molecule is Clc1cc2c(c[nH]1)cc(Br)c1ncnc12. The molecule has 1 aromatic carbocycles. The molecule has 0 fully saturated rings. The van der Waals surface area contributed by atoms with Gasteiger partial charge >= 0.3 is 0 Å². The zero-order chi connectivity index (χ0) is 10.4. The van der Waals surface area contributed by atoms with Gasteiger partial charge in [0.2, 0.25) is 0 Å². The summed E-state index contributed by atoms with van der Waals surface area (Å²) in [4.78, 5) is 11.4. The first kappa shape index (κ1) is 9.12. The number of rotatable bonds is 0. The Labute approximate surface area is 98.6 Å². The summed E-state index contributed by atoms with van der Waals surface area (Å²) >= 11 is 9.38. The number of H-pyrrole nitrogens is 1. The van der Waals surface area contributed by atoms with Crippen LogP contribution < -0.4 is 0 Å². The van der Waals surface area contributed by atoms with E-state index in [1.165, 1.54) is 0 Å². The standard InChI is InChI=1S/C10H5BrClN3/c11-7-1-5-3-13-8(12)2-6(5)9-10(7)15-4-14-9/h1-4,13H. The lowest BCUT2D eigenvalue weighted by molar-refractivity contribution is 1.34. The molecule has 2 heterocycles. The largest absolute Gasteiger partial charge is 0.352 e. The molecular weight excluding hydrogens is 277 g/mol. The number of nitrogens with zero attached hydrogens (tertiary/aromatic N) is 2. The van der Waals surface area contributed by atoms with Gasteiger partial charge < -0.3 is 4.98 Å². The maximum Gasteiger partial charge on any atom is 0.116 e. The van der Waals surface area contributed by atoms with E-state index in [1.807, 2.05) is 18.3 Å². The van der Waals surface area contributed by atoms with E-state index < -0.39 is 0 Å². The van der Waals surface area contributed by atoms with Crippen LogP contribution in [0.5, 0.6) is 0 Å². The van der Waals surface area contributed by atoms with Crippen molar-refractivity contribution in [3.8, 4) is 0 Å². The van der Waals surface area contributed by atoms with Crippen LogP contribution in [0.2, 0.25) is 5.15 Å². The molecule has 0 unspecified atom stereocenters. The van der Waals surface area contributed by atoms with Gasteiger partial charge in [0.25, 0.3) is 0 Å². The molecule has 3 rings (SSSR count). The second-order valence-electron chi connectivity index (χ2n) is 3.21. The van der Waals surface area contributed by atoms with Crippen molar-refractivity contribution in [1.29, 1.82) is 0 Å². The normalized spacial score (nSPS) is 11.3. The van der Waals surface area contributed by atoms with Crippen LogP contribution in [0.1, 0.15) is 0 Å². The van der Waals surface area contributed by atoms with Crippen molar-refractivity contribution in [2.45, 2.75) is 0 Å². The van der Waals surface area contributed by atoms with Gasteiger partial charge in [0.15, 0.2) is 0 Å². The maximum atomic E-state index is 5.91. The van der Waals surface area contributed by atoms with E-state index in [1.54, 1.807) is 6.33 Å². The predicted molar refractivity (Wildman–Crippen MR) is 64.1 cm³/mol. The summed E-state index contributed by atoms with van der Waals surface area (Å²) in [6, 6.07) is 3.86. The highest BCUT2D eigenvalue weighted by Crippen LogP contribution is 2.30. The number of aromatic amines is 1. The van der Waals surface area contributed by atoms with Gasteiger partial charge in [0.05, 0.1) is 5.52 Å².